The molecule has 4 heteroatoms. The van der Waals surface area contributed by atoms with Crippen LogP contribution in [0.5, 0.6) is 0 Å². The summed E-state index contributed by atoms with van der Waals surface area (Å²) in [6.45, 7) is 1.98. The maximum absolute atomic E-state index is 5.56. The lowest BCUT2D eigenvalue weighted by Gasteiger charge is -2.21. The van der Waals surface area contributed by atoms with Crippen molar-refractivity contribution in [2.45, 2.75) is 19.6 Å². The Labute approximate surface area is 112 Å². The summed E-state index contributed by atoms with van der Waals surface area (Å²) in [5.41, 5.74) is 5.64. The number of aromatic nitrogens is 1. The molecule has 0 radical (unpaired) electrons. The molecular formula is C15H18N2O2. The van der Waals surface area contributed by atoms with Gasteiger partial charge in [-0.2, -0.15) is 0 Å². The molecule has 1 aromatic carbocycles. The molecule has 1 N–H and O–H groups in total. The number of ether oxygens (including phenoxy) is 2. The molecule has 2 heterocycles. The standard InChI is InChI=1S/C15H18N2O2/c1-16-15-11-5-3-4-10(8-18-2)14(11)17-13-6-7-19-9-12(13)15/h3-5H,6-9H2,1-2H3,(H,16,17). The molecule has 0 saturated heterocycles. The molecule has 0 spiro atoms. The second-order valence-electron chi connectivity index (χ2n) is 4.71. The molecule has 0 bridgehead atoms. The number of fused-ring (bicyclic) bond motifs is 2. The van der Waals surface area contributed by atoms with E-state index in [9.17, 15) is 0 Å². The van der Waals surface area contributed by atoms with Crippen LogP contribution in [-0.2, 0) is 29.1 Å². The third-order valence-electron chi connectivity index (χ3n) is 3.57. The third-order valence-corrected chi connectivity index (χ3v) is 3.57. The van der Waals surface area contributed by atoms with Crippen molar-refractivity contribution in [2.24, 2.45) is 0 Å². The van der Waals surface area contributed by atoms with Gasteiger partial charge in [-0.15, -0.1) is 0 Å². The fourth-order valence-corrected chi connectivity index (χ4v) is 2.70. The minimum absolute atomic E-state index is 0.586. The van der Waals surface area contributed by atoms with Gasteiger partial charge in [-0.3, -0.25) is 4.98 Å². The molecule has 19 heavy (non-hydrogen) atoms. The van der Waals surface area contributed by atoms with Gasteiger partial charge in [0.25, 0.3) is 0 Å². The van der Waals surface area contributed by atoms with Crippen LogP contribution < -0.4 is 5.32 Å². The highest BCUT2D eigenvalue weighted by molar-refractivity contribution is 5.95. The van der Waals surface area contributed by atoms with E-state index in [0.29, 0.717) is 13.2 Å². The maximum atomic E-state index is 5.56. The van der Waals surface area contributed by atoms with Gasteiger partial charge >= 0.3 is 0 Å². The molecule has 2 aromatic rings. The van der Waals surface area contributed by atoms with Gasteiger partial charge in [-0.05, 0) is 0 Å². The van der Waals surface area contributed by atoms with Crippen LogP contribution in [0.2, 0.25) is 0 Å². The summed E-state index contributed by atoms with van der Waals surface area (Å²) in [6.07, 6.45) is 0.876. The van der Waals surface area contributed by atoms with Crippen LogP contribution in [0.3, 0.4) is 0 Å². The average molecular weight is 258 g/mol. The monoisotopic (exact) mass is 258 g/mol. The molecule has 4 nitrogen and oxygen atoms in total. The summed E-state index contributed by atoms with van der Waals surface area (Å²) in [7, 11) is 3.66. The van der Waals surface area contributed by atoms with E-state index in [-0.39, 0.29) is 0 Å². The van der Waals surface area contributed by atoms with E-state index in [2.05, 4.69) is 23.5 Å². The summed E-state index contributed by atoms with van der Waals surface area (Å²) in [5.74, 6) is 0. The number of nitrogens with zero attached hydrogens (tertiary/aromatic N) is 1. The second-order valence-corrected chi connectivity index (χ2v) is 4.71. The summed E-state index contributed by atoms with van der Waals surface area (Å²) in [5, 5.41) is 4.45. The number of nitrogens with one attached hydrogen (secondary N) is 1. The normalized spacial score (nSPS) is 14.4. The van der Waals surface area contributed by atoms with Crippen molar-refractivity contribution in [3.63, 3.8) is 0 Å². The fraction of sp³-hybridized carbons (Fsp3) is 0.400. The van der Waals surface area contributed by atoms with E-state index in [1.165, 1.54) is 5.56 Å². The number of pyridine rings is 1. The second kappa shape index (κ2) is 5.15. The summed E-state index contributed by atoms with van der Waals surface area (Å²) in [4.78, 5) is 4.84. The third kappa shape index (κ3) is 2.07. The van der Waals surface area contributed by atoms with Gasteiger partial charge in [-0.1, -0.05) is 18.2 Å². The van der Waals surface area contributed by atoms with E-state index in [4.69, 9.17) is 14.5 Å². The topological polar surface area (TPSA) is 43.4 Å². The number of hydrogen-bond acceptors (Lipinski definition) is 4. The van der Waals surface area contributed by atoms with Gasteiger partial charge in [0.05, 0.1) is 36.7 Å². The molecule has 3 rings (SSSR count). The molecule has 0 fully saturated rings. The van der Waals surface area contributed by atoms with Crippen molar-refractivity contribution in [1.29, 1.82) is 0 Å². The molecule has 0 atom stereocenters. The maximum Gasteiger partial charge on any atom is 0.0781 e. The van der Waals surface area contributed by atoms with Gasteiger partial charge in [0.2, 0.25) is 0 Å². The van der Waals surface area contributed by atoms with Crippen LogP contribution in [0, 0.1) is 0 Å². The minimum Gasteiger partial charge on any atom is -0.387 e. The predicted molar refractivity (Wildman–Crippen MR) is 75.4 cm³/mol. The van der Waals surface area contributed by atoms with Crippen molar-refractivity contribution < 1.29 is 9.47 Å². The Morgan fingerprint density at radius 3 is 3.11 bits per heavy atom. The van der Waals surface area contributed by atoms with Crippen LogP contribution in [0.4, 0.5) is 5.69 Å². The van der Waals surface area contributed by atoms with E-state index in [1.54, 1.807) is 7.11 Å². The first-order valence-electron chi connectivity index (χ1n) is 6.53. The molecule has 0 saturated carbocycles. The highest BCUT2D eigenvalue weighted by Gasteiger charge is 2.18. The van der Waals surface area contributed by atoms with Gasteiger partial charge in [-0.25, -0.2) is 0 Å². The van der Waals surface area contributed by atoms with Crippen LogP contribution in [0.15, 0.2) is 18.2 Å². The van der Waals surface area contributed by atoms with E-state index < -0.39 is 0 Å². The quantitative estimate of drug-likeness (QED) is 0.918. The Hall–Kier alpha value is -1.65. The number of anilines is 1. The number of benzene rings is 1. The molecule has 100 valence electrons. The molecule has 1 aromatic heterocycles. The summed E-state index contributed by atoms with van der Waals surface area (Å²) >= 11 is 0. The first kappa shape index (κ1) is 12.4. The first-order chi connectivity index (χ1) is 9.35. The van der Waals surface area contributed by atoms with Crippen LogP contribution >= 0.6 is 0 Å². The zero-order chi connectivity index (χ0) is 13.2. The van der Waals surface area contributed by atoms with E-state index >= 15 is 0 Å². The lowest BCUT2D eigenvalue weighted by atomic mass is 10.0. The predicted octanol–water partition coefficient (Wildman–Crippen LogP) is 2.50. The zero-order valence-electron chi connectivity index (χ0n) is 11.3. The van der Waals surface area contributed by atoms with Crippen molar-refractivity contribution in [3.8, 4) is 0 Å². The largest absolute Gasteiger partial charge is 0.387 e. The van der Waals surface area contributed by atoms with E-state index in [1.807, 2.05) is 7.05 Å². The number of para-hydroxylation sites is 1. The van der Waals surface area contributed by atoms with Crippen LogP contribution in [-0.4, -0.2) is 25.7 Å². The van der Waals surface area contributed by atoms with Crippen LogP contribution in [0.25, 0.3) is 10.9 Å². The number of methoxy groups -OCH3 is 1. The Kier molecular flexibility index (Phi) is 3.36. The van der Waals surface area contributed by atoms with Crippen LogP contribution in [0.1, 0.15) is 16.8 Å². The Morgan fingerprint density at radius 1 is 1.42 bits per heavy atom. The van der Waals surface area contributed by atoms with E-state index in [0.717, 1.165) is 40.9 Å². The minimum atomic E-state index is 0.586. The molecule has 1 aliphatic rings. The molecule has 0 unspecified atom stereocenters. The smallest absolute Gasteiger partial charge is 0.0781 e. The average Bonchev–Trinajstić information content (AvgIpc) is 2.45. The number of rotatable bonds is 3. The Balaban J connectivity index is 2.29. The highest BCUT2D eigenvalue weighted by atomic mass is 16.5. The summed E-state index contributed by atoms with van der Waals surface area (Å²) in [6, 6.07) is 6.22. The lowest BCUT2D eigenvalue weighted by Crippen LogP contribution is -2.15. The summed E-state index contributed by atoms with van der Waals surface area (Å²) < 4.78 is 10.8. The van der Waals surface area contributed by atoms with Gasteiger partial charge in [0, 0.05) is 37.1 Å². The highest BCUT2D eigenvalue weighted by Crippen LogP contribution is 2.32. The van der Waals surface area contributed by atoms with Crippen molar-refractivity contribution in [2.75, 3.05) is 26.1 Å². The number of hydrogen-bond donors (Lipinski definition) is 1. The molecule has 1 aliphatic heterocycles. The molecule has 0 amide bonds. The van der Waals surface area contributed by atoms with Crippen molar-refractivity contribution >= 4 is 16.6 Å². The Bertz CT molecular complexity index is 611. The van der Waals surface area contributed by atoms with Crippen molar-refractivity contribution in [3.05, 3.63) is 35.0 Å². The molecular weight excluding hydrogens is 240 g/mol. The fourth-order valence-electron chi connectivity index (χ4n) is 2.70. The first-order valence-corrected chi connectivity index (χ1v) is 6.53. The Morgan fingerprint density at radius 2 is 2.32 bits per heavy atom. The van der Waals surface area contributed by atoms with Gasteiger partial charge < -0.3 is 14.8 Å². The molecule has 0 aliphatic carbocycles. The van der Waals surface area contributed by atoms with Gasteiger partial charge in [0.1, 0.15) is 0 Å². The lowest BCUT2D eigenvalue weighted by molar-refractivity contribution is 0.110. The SMILES string of the molecule is CNc1c2c(nc3c(COC)cccc13)CCOC2. The van der Waals surface area contributed by atoms with Gasteiger partial charge in [0.15, 0.2) is 0 Å². The zero-order valence-corrected chi connectivity index (χ0v) is 11.3. The van der Waals surface area contributed by atoms with Crippen molar-refractivity contribution in [1.82, 2.24) is 4.98 Å².